The number of nitrogens with zero attached hydrogens (tertiary/aromatic N) is 2. The van der Waals surface area contributed by atoms with Gasteiger partial charge >= 0.3 is 0 Å². The van der Waals surface area contributed by atoms with Crippen molar-refractivity contribution in [2.24, 2.45) is 0 Å². The van der Waals surface area contributed by atoms with Crippen LogP contribution in [0.5, 0.6) is 0 Å². The van der Waals surface area contributed by atoms with Crippen LogP contribution in [-0.2, 0) is 0 Å². The first-order valence-electron chi connectivity index (χ1n) is 4.74. The number of carbonyl (C=O) groups excluding carboxylic acids is 2. The fourth-order valence-corrected chi connectivity index (χ4v) is 1.44. The molecule has 0 saturated carbocycles. The second kappa shape index (κ2) is 4.70. The van der Waals surface area contributed by atoms with E-state index in [-0.39, 0.29) is 11.1 Å². The summed E-state index contributed by atoms with van der Waals surface area (Å²) in [5.74, 6) is -1.28. The van der Waals surface area contributed by atoms with Gasteiger partial charge in [-0.1, -0.05) is 0 Å². The van der Waals surface area contributed by atoms with E-state index < -0.39 is 32.8 Å². The van der Waals surface area contributed by atoms with Crippen LogP contribution >= 0.6 is 0 Å². The molecule has 8 nitrogen and oxygen atoms in total. The van der Waals surface area contributed by atoms with E-state index in [9.17, 15) is 29.8 Å². The van der Waals surface area contributed by atoms with Gasteiger partial charge < -0.3 is 0 Å². The molecular formula is C10H8N2O6. The highest BCUT2D eigenvalue weighted by Crippen LogP contribution is 2.29. The Kier molecular flexibility index (Phi) is 3.50. The molecule has 0 heterocycles. The van der Waals surface area contributed by atoms with Gasteiger partial charge in [0.25, 0.3) is 11.4 Å². The minimum atomic E-state index is -0.895. The van der Waals surface area contributed by atoms with Gasteiger partial charge in [-0.2, -0.15) is 0 Å². The van der Waals surface area contributed by atoms with Gasteiger partial charge in [0.1, 0.15) is 0 Å². The summed E-state index contributed by atoms with van der Waals surface area (Å²) in [6.07, 6.45) is 0. The van der Waals surface area contributed by atoms with Crippen molar-refractivity contribution in [2.75, 3.05) is 0 Å². The van der Waals surface area contributed by atoms with E-state index in [1.165, 1.54) is 0 Å². The van der Waals surface area contributed by atoms with Gasteiger partial charge in [-0.05, 0) is 19.9 Å². The Morgan fingerprint density at radius 3 is 1.44 bits per heavy atom. The van der Waals surface area contributed by atoms with Crippen LogP contribution in [0.3, 0.4) is 0 Å². The molecule has 1 aromatic rings. The molecule has 0 N–H and O–H groups in total. The number of hydrogen-bond acceptors (Lipinski definition) is 6. The van der Waals surface area contributed by atoms with E-state index in [1.807, 2.05) is 0 Å². The lowest BCUT2D eigenvalue weighted by atomic mass is 10.0. The van der Waals surface area contributed by atoms with Crippen LogP contribution < -0.4 is 0 Å². The topological polar surface area (TPSA) is 120 Å². The number of hydrogen-bond donors (Lipinski definition) is 0. The van der Waals surface area contributed by atoms with Crippen molar-refractivity contribution in [3.8, 4) is 0 Å². The molecule has 0 atom stereocenters. The molecule has 0 fully saturated rings. The first-order chi connectivity index (χ1) is 8.25. The molecular weight excluding hydrogens is 244 g/mol. The maximum atomic E-state index is 11.2. The standard InChI is InChI=1S/C10H8N2O6/c1-5(13)7-3-8(6(2)14)10(12(17)18)4-9(7)11(15)16/h3-4H,1-2H3. The van der Waals surface area contributed by atoms with Crippen molar-refractivity contribution in [1.29, 1.82) is 0 Å². The summed E-state index contributed by atoms with van der Waals surface area (Å²) in [4.78, 5) is 42.1. The minimum Gasteiger partial charge on any atom is -0.294 e. The smallest absolute Gasteiger partial charge is 0.287 e. The first-order valence-corrected chi connectivity index (χ1v) is 4.74. The highest BCUT2D eigenvalue weighted by atomic mass is 16.6. The van der Waals surface area contributed by atoms with Gasteiger partial charge in [0.05, 0.1) is 27.0 Å². The van der Waals surface area contributed by atoms with E-state index in [2.05, 4.69) is 0 Å². The molecule has 0 bridgehead atoms. The Hall–Kier alpha value is -2.64. The summed E-state index contributed by atoms with van der Waals surface area (Å²) in [5, 5.41) is 21.5. The Balaban J connectivity index is 3.71. The lowest BCUT2D eigenvalue weighted by molar-refractivity contribution is -0.394. The summed E-state index contributed by atoms with van der Waals surface area (Å²) >= 11 is 0. The predicted octanol–water partition coefficient (Wildman–Crippen LogP) is 1.91. The lowest BCUT2D eigenvalue weighted by Gasteiger charge is -2.03. The van der Waals surface area contributed by atoms with Crippen molar-refractivity contribution < 1.29 is 19.4 Å². The second-order valence-electron chi connectivity index (χ2n) is 3.51. The van der Waals surface area contributed by atoms with Crippen molar-refractivity contribution in [2.45, 2.75) is 13.8 Å². The zero-order chi connectivity index (χ0) is 14.0. The van der Waals surface area contributed by atoms with Crippen molar-refractivity contribution in [1.82, 2.24) is 0 Å². The Labute approximate surface area is 101 Å². The second-order valence-corrected chi connectivity index (χ2v) is 3.51. The predicted molar refractivity (Wildman–Crippen MR) is 59.8 cm³/mol. The number of nitro groups is 2. The highest BCUT2D eigenvalue weighted by molar-refractivity contribution is 6.04. The maximum absolute atomic E-state index is 11.2. The van der Waals surface area contributed by atoms with Crippen molar-refractivity contribution >= 4 is 22.9 Å². The van der Waals surface area contributed by atoms with Crippen molar-refractivity contribution in [3.05, 3.63) is 43.5 Å². The molecule has 0 aliphatic carbocycles. The number of nitro benzene ring substituents is 2. The van der Waals surface area contributed by atoms with Crippen LogP contribution in [0.2, 0.25) is 0 Å². The summed E-state index contributed by atoms with van der Waals surface area (Å²) in [7, 11) is 0. The summed E-state index contributed by atoms with van der Waals surface area (Å²) < 4.78 is 0. The number of benzene rings is 1. The van der Waals surface area contributed by atoms with Gasteiger partial charge in [0, 0.05) is 0 Å². The highest BCUT2D eigenvalue weighted by Gasteiger charge is 2.27. The van der Waals surface area contributed by atoms with Crippen LogP contribution in [0.25, 0.3) is 0 Å². The quantitative estimate of drug-likeness (QED) is 0.458. The van der Waals surface area contributed by atoms with Gasteiger partial charge in [0.15, 0.2) is 11.6 Å². The fraction of sp³-hybridized carbons (Fsp3) is 0.200. The summed E-state index contributed by atoms with van der Waals surface area (Å²) in [6, 6.07) is 1.52. The normalized spacial score (nSPS) is 9.89. The third-order valence-corrected chi connectivity index (χ3v) is 2.27. The summed E-state index contributed by atoms with van der Waals surface area (Å²) in [5.41, 5.74) is -2.01. The molecule has 94 valence electrons. The molecule has 0 aromatic heterocycles. The van der Waals surface area contributed by atoms with Crippen LogP contribution in [0.15, 0.2) is 12.1 Å². The van der Waals surface area contributed by atoms with Gasteiger partial charge in [0.2, 0.25) is 0 Å². The molecule has 0 spiro atoms. The number of carbonyl (C=O) groups is 2. The monoisotopic (exact) mass is 252 g/mol. The number of ketones is 2. The Morgan fingerprint density at radius 2 is 1.22 bits per heavy atom. The Morgan fingerprint density at radius 1 is 0.889 bits per heavy atom. The fourth-order valence-electron chi connectivity index (χ4n) is 1.44. The largest absolute Gasteiger partial charge is 0.294 e. The van der Waals surface area contributed by atoms with E-state index >= 15 is 0 Å². The van der Waals surface area contributed by atoms with Crippen LogP contribution in [0.4, 0.5) is 11.4 Å². The van der Waals surface area contributed by atoms with Crippen LogP contribution in [0.1, 0.15) is 34.6 Å². The maximum Gasteiger partial charge on any atom is 0.287 e. The van der Waals surface area contributed by atoms with Crippen LogP contribution in [0, 0.1) is 20.2 Å². The van der Waals surface area contributed by atoms with E-state index in [1.54, 1.807) is 0 Å². The van der Waals surface area contributed by atoms with E-state index in [0.29, 0.717) is 6.07 Å². The average molecular weight is 252 g/mol. The SMILES string of the molecule is CC(=O)c1cc(C(C)=O)c([N+](=O)[O-])cc1[N+](=O)[O-]. The van der Waals surface area contributed by atoms with E-state index in [4.69, 9.17) is 0 Å². The molecule has 0 radical (unpaired) electrons. The molecule has 0 saturated heterocycles. The molecule has 8 heteroatoms. The Bertz CT molecular complexity index is 480. The number of rotatable bonds is 4. The molecule has 0 amide bonds. The summed E-state index contributed by atoms with van der Waals surface area (Å²) in [6.45, 7) is 2.16. The minimum absolute atomic E-state index is 0.323. The van der Waals surface area contributed by atoms with Gasteiger partial charge in [-0.15, -0.1) is 0 Å². The molecule has 1 rings (SSSR count). The molecule has 0 unspecified atom stereocenters. The molecule has 18 heavy (non-hydrogen) atoms. The van der Waals surface area contributed by atoms with Gasteiger partial charge in [-0.25, -0.2) is 0 Å². The van der Waals surface area contributed by atoms with Crippen LogP contribution in [-0.4, -0.2) is 21.4 Å². The zero-order valence-electron chi connectivity index (χ0n) is 9.50. The zero-order valence-corrected chi connectivity index (χ0v) is 9.50. The van der Waals surface area contributed by atoms with E-state index in [0.717, 1.165) is 19.9 Å². The third-order valence-electron chi connectivity index (χ3n) is 2.27. The van der Waals surface area contributed by atoms with Gasteiger partial charge in [-0.3, -0.25) is 29.8 Å². The third kappa shape index (κ3) is 2.37. The molecule has 0 aliphatic heterocycles. The van der Waals surface area contributed by atoms with Crippen molar-refractivity contribution in [3.63, 3.8) is 0 Å². The average Bonchev–Trinajstić information content (AvgIpc) is 2.26. The molecule has 0 aliphatic rings. The number of Topliss-reactive ketones (excluding diaryl/α,β-unsaturated/α-hetero) is 2. The lowest BCUT2D eigenvalue weighted by Crippen LogP contribution is -2.07. The first kappa shape index (κ1) is 13.4. The molecule has 1 aromatic carbocycles.